The largest absolute Gasteiger partial charge is 0.428 e. The number of aromatic nitrogens is 1. The second-order valence-corrected chi connectivity index (χ2v) is 3.19. The molecule has 2 nitrogen and oxygen atoms in total. The minimum absolute atomic E-state index is 0.206. The molecule has 4 heteroatoms. The maximum atomic E-state index is 13.0. The van der Waals surface area contributed by atoms with E-state index >= 15 is 0 Å². The molecule has 1 heterocycles. The average Bonchev–Trinajstić information content (AvgIpc) is 2.61. The Labute approximate surface area is 78.6 Å². The lowest BCUT2D eigenvalue weighted by atomic mass is 10.3. The Hall–Kier alpha value is -1.42. The van der Waals surface area contributed by atoms with Crippen LogP contribution in [0.15, 0.2) is 35.8 Å². The van der Waals surface area contributed by atoms with Crippen LogP contribution in [-0.2, 0) is 0 Å². The lowest BCUT2D eigenvalue weighted by Crippen LogP contribution is -1.85. The van der Waals surface area contributed by atoms with E-state index in [9.17, 15) is 4.39 Å². The highest BCUT2D eigenvalue weighted by atomic mass is 32.1. The van der Waals surface area contributed by atoms with Gasteiger partial charge in [0.05, 0.1) is 0 Å². The number of thiazole rings is 1. The van der Waals surface area contributed by atoms with Gasteiger partial charge >= 0.3 is 0 Å². The summed E-state index contributed by atoms with van der Waals surface area (Å²) in [6.07, 6.45) is 1.61. The van der Waals surface area contributed by atoms with Crippen molar-refractivity contribution >= 4 is 11.3 Å². The summed E-state index contributed by atoms with van der Waals surface area (Å²) in [6, 6.07) is 6.25. The zero-order chi connectivity index (χ0) is 9.10. The topological polar surface area (TPSA) is 22.1 Å². The van der Waals surface area contributed by atoms with Gasteiger partial charge in [0, 0.05) is 11.6 Å². The first-order valence-electron chi connectivity index (χ1n) is 3.68. The predicted molar refractivity (Wildman–Crippen MR) is 48.6 cm³/mol. The van der Waals surface area contributed by atoms with E-state index in [1.807, 2.05) is 0 Å². The number of para-hydroxylation sites is 1. The minimum atomic E-state index is -0.377. The van der Waals surface area contributed by atoms with Gasteiger partial charge in [0.1, 0.15) is 0 Å². The molecule has 0 N–H and O–H groups in total. The molecule has 0 aliphatic rings. The fourth-order valence-electron chi connectivity index (χ4n) is 0.882. The molecular formula is C9H6FNOS. The second-order valence-electron chi connectivity index (χ2n) is 2.33. The van der Waals surface area contributed by atoms with Crippen molar-refractivity contribution in [1.82, 2.24) is 4.98 Å². The average molecular weight is 195 g/mol. The van der Waals surface area contributed by atoms with Crippen LogP contribution in [0.3, 0.4) is 0 Å². The zero-order valence-corrected chi connectivity index (χ0v) is 7.42. The molecule has 0 aliphatic heterocycles. The number of halogens is 1. The van der Waals surface area contributed by atoms with Gasteiger partial charge in [-0.25, -0.2) is 9.37 Å². The first-order valence-corrected chi connectivity index (χ1v) is 4.56. The third-order valence-corrected chi connectivity index (χ3v) is 2.09. The van der Waals surface area contributed by atoms with Gasteiger partial charge in [-0.15, -0.1) is 0 Å². The SMILES string of the molecule is Fc1ccccc1Oc1nccs1. The third kappa shape index (κ3) is 1.84. The van der Waals surface area contributed by atoms with Crippen molar-refractivity contribution < 1.29 is 9.13 Å². The summed E-state index contributed by atoms with van der Waals surface area (Å²) in [6.45, 7) is 0. The van der Waals surface area contributed by atoms with Crippen LogP contribution in [0.25, 0.3) is 0 Å². The molecule has 0 radical (unpaired) electrons. The lowest BCUT2D eigenvalue weighted by Gasteiger charge is -2.01. The maximum absolute atomic E-state index is 13.0. The van der Waals surface area contributed by atoms with Crippen molar-refractivity contribution in [2.75, 3.05) is 0 Å². The van der Waals surface area contributed by atoms with Crippen LogP contribution in [0.4, 0.5) is 4.39 Å². The molecule has 0 atom stereocenters. The summed E-state index contributed by atoms with van der Waals surface area (Å²) in [4.78, 5) is 3.88. The van der Waals surface area contributed by atoms with Gasteiger partial charge < -0.3 is 4.74 Å². The van der Waals surface area contributed by atoms with E-state index in [1.54, 1.807) is 29.8 Å². The van der Waals surface area contributed by atoms with Crippen LogP contribution < -0.4 is 4.74 Å². The number of nitrogens with zero attached hydrogens (tertiary/aromatic N) is 1. The summed E-state index contributed by atoms with van der Waals surface area (Å²) >= 11 is 1.33. The van der Waals surface area contributed by atoms with Crippen LogP contribution in [0.1, 0.15) is 0 Å². The molecule has 66 valence electrons. The van der Waals surface area contributed by atoms with E-state index in [0.29, 0.717) is 5.19 Å². The Balaban J connectivity index is 2.24. The van der Waals surface area contributed by atoms with Gasteiger partial charge in [0.2, 0.25) is 0 Å². The number of hydrogen-bond acceptors (Lipinski definition) is 3. The monoisotopic (exact) mass is 195 g/mol. The van der Waals surface area contributed by atoms with E-state index in [2.05, 4.69) is 4.98 Å². The van der Waals surface area contributed by atoms with Crippen LogP contribution in [0, 0.1) is 5.82 Å². The Bertz CT molecular complexity index is 388. The smallest absolute Gasteiger partial charge is 0.278 e. The molecule has 0 fully saturated rings. The highest BCUT2D eigenvalue weighted by Gasteiger charge is 2.03. The second kappa shape index (κ2) is 3.53. The van der Waals surface area contributed by atoms with Gasteiger partial charge in [-0.05, 0) is 12.1 Å². The number of benzene rings is 1. The summed E-state index contributed by atoms with van der Waals surface area (Å²) in [5.41, 5.74) is 0. The first kappa shape index (κ1) is 8.19. The quantitative estimate of drug-likeness (QED) is 0.734. The van der Waals surface area contributed by atoms with Gasteiger partial charge in [-0.3, -0.25) is 0 Å². The molecule has 0 bridgehead atoms. The van der Waals surface area contributed by atoms with E-state index in [-0.39, 0.29) is 11.6 Å². The number of hydrogen-bond donors (Lipinski definition) is 0. The summed E-state index contributed by atoms with van der Waals surface area (Å²) < 4.78 is 18.2. The third-order valence-electron chi connectivity index (χ3n) is 1.44. The van der Waals surface area contributed by atoms with E-state index in [4.69, 9.17) is 4.74 Å². The van der Waals surface area contributed by atoms with Gasteiger partial charge in [-0.2, -0.15) is 0 Å². The van der Waals surface area contributed by atoms with Crippen molar-refractivity contribution in [1.29, 1.82) is 0 Å². The zero-order valence-electron chi connectivity index (χ0n) is 6.61. The molecule has 2 aromatic rings. The standard InChI is InChI=1S/C9H6FNOS/c10-7-3-1-2-4-8(7)12-9-11-5-6-13-9/h1-6H. The van der Waals surface area contributed by atoms with Crippen LogP contribution in [-0.4, -0.2) is 4.98 Å². The normalized spacial score (nSPS) is 9.92. The summed E-state index contributed by atoms with van der Waals surface area (Å²) in [7, 11) is 0. The van der Waals surface area contributed by atoms with Crippen LogP contribution in [0.5, 0.6) is 10.9 Å². The Morgan fingerprint density at radius 1 is 1.31 bits per heavy atom. The highest BCUT2D eigenvalue weighted by Crippen LogP contribution is 2.25. The molecule has 0 spiro atoms. The van der Waals surface area contributed by atoms with Crippen molar-refractivity contribution in [2.45, 2.75) is 0 Å². The van der Waals surface area contributed by atoms with Crippen molar-refractivity contribution in [3.05, 3.63) is 41.7 Å². The summed E-state index contributed by atoms with van der Waals surface area (Å²) in [5, 5.41) is 2.22. The molecule has 1 aromatic carbocycles. The molecule has 0 saturated carbocycles. The molecule has 0 aliphatic carbocycles. The lowest BCUT2D eigenvalue weighted by molar-refractivity contribution is 0.439. The molecule has 0 unspecified atom stereocenters. The number of ether oxygens (including phenoxy) is 1. The highest BCUT2D eigenvalue weighted by molar-refractivity contribution is 7.11. The Morgan fingerprint density at radius 3 is 2.85 bits per heavy atom. The van der Waals surface area contributed by atoms with Crippen LogP contribution in [0.2, 0.25) is 0 Å². The maximum Gasteiger partial charge on any atom is 0.278 e. The fraction of sp³-hybridized carbons (Fsp3) is 0. The number of rotatable bonds is 2. The van der Waals surface area contributed by atoms with Gasteiger partial charge in [0.15, 0.2) is 11.6 Å². The van der Waals surface area contributed by atoms with E-state index in [1.165, 1.54) is 17.4 Å². The predicted octanol–water partition coefficient (Wildman–Crippen LogP) is 3.07. The molecule has 0 saturated heterocycles. The van der Waals surface area contributed by atoms with Crippen molar-refractivity contribution in [2.24, 2.45) is 0 Å². The molecule has 0 amide bonds. The molecular weight excluding hydrogens is 189 g/mol. The molecule has 1 aromatic heterocycles. The fourth-order valence-corrected chi connectivity index (χ4v) is 1.38. The van der Waals surface area contributed by atoms with E-state index < -0.39 is 0 Å². The van der Waals surface area contributed by atoms with E-state index in [0.717, 1.165) is 0 Å². The van der Waals surface area contributed by atoms with Gasteiger partial charge in [0.25, 0.3) is 5.19 Å². The first-order chi connectivity index (χ1) is 6.36. The van der Waals surface area contributed by atoms with Crippen molar-refractivity contribution in [3.8, 4) is 10.9 Å². The van der Waals surface area contributed by atoms with Crippen LogP contribution >= 0.6 is 11.3 Å². The molecule has 2 rings (SSSR count). The minimum Gasteiger partial charge on any atom is -0.428 e. The van der Waals surface area contributed by atoms with Crippen molar-refractivity contribution in [3.63, 3.8) is 0 Å². The van der Waals surface area contributed by atoms with Gasteiger partial charge in [-0.1, -0.05) is 23.5 Å². The summed E-state index contributed by atoms with van der Waals surface area (Å²) in [5.74, 6) is -0.171. The Kier molecular flexibility index (Phi) is 2.23. The Morgan fingerprint density at radius 2 is 2.15 bits per heavy atom. The molecule has 13 heavy (non-hydrogen) atoms.